The van der Waals surface area contributed by atoms with Crippen LogP contribution in [0.5, 0.6) is 0 Å². The van der Waals surface area contributed by atoms with E-state index < -0.39 is 0 Å². The second-order valence-corrected chi connectivity index (χ2v) is 8.09. The van der Waals surface area contributed by atoms with E-state index in [1.54, 1.807) is 76.5 Å². The molecule has 0 radical (unpaired) electrons. The lowest BCUT2D eigenvalue weighted by atomic mass is 10.3. The monoisotopic (exact) mass is 570 g/mol. The maximum atomic E-state index is 12.4. The van der Waals surface area contributed by atoms with Crippen molar-refractivity contribution in [2.75, 3.05) is 22.9 Å². The molecule has 0 unspecified atom stereocenters. The summed E-state index contributed by atoms with van der Waals surface area (Å²) in [6, 6.07) is 7.35. The van der Waals surface area contributed by atoms with Crippen molar-refractivity contribution in [3.8, 4) is 0 Å². The summed E-state index contributed by atoms with van der Waals surface area (Å²) in [5, 5.41) is 0. The predicted octanol–water partition coefficient (Wildman–Crippen LogP) is 5.00. The van der Waals surface area contributed by atoms with Crippen LogP contribution in [0, 0.1) is 0 Å². The van der Waals surface area contributed by atoms with Gasteiger partial charge in [0.1, 0.15) is 11.4 Å². The van der Waals surface area contributed by atoms with Crippen LogP contribution in [-0.2, 0) is 14.1 Å². The van der Waals surface area contributed by atoms with Gasteiger partial charge in [0.05, 0.1) is 42.5 Å². The number of nitrogens with zero attached hydrogens (tertiary/aromatic N) is 8. The Morgan fingerprint density at radius 2 is 1.32 bits per heavy atom. The molecule has 10 nitrogen and oxygen atoms in total. The Hall–Kier alpha value is -3.86. The number of rotatable bonds is 6. The van der Waals surface area contributed by atoms with E-state index in [9.17, 15) is 9.59 Å². The predicted molar refractivity (Wildman–Crippen MR) is 151 cm³/mol. The van der Waals surface area contributed by atoms with Crippen LogP contribution in [0.4, 0.5) is 11.4 Å². The zero-order valence-electron chi connectivity index (χ0n) is 20.0. The molecule has 2 amide bonds. The number of hydrogen-bond donors (Lipinski definition) is 0. The summed E-state index contributed by atoms with van der Waals surface area (Å²) >= 11 is 3.28. The number of carbonyl (C=O) groups excluding carboxylic acids is 2. The first kappa shape index (κ1) is 31.2. The highest BCUT2D eigenvalue weighted by molar-refractivity contribution is 9.10. The van der Waals surface area contributed by atoms with Crippen LogP contribution >= 0.6 is 15.9 Å². The van der Waals surface area contributed by atoms with E-state index in [0.717, 1.165) is 11.4 Å². The first-order valence-electron chi connectivity index (χ1n) is 11.0. The number of amides is 2. The van der Waals surface area contributed by atoms with Gasteiger partial charge in [0.15, 0.2) is 4.73 Å². The molecule has 0 spiro atoms. The molecule has 0 atom stereocenters. The van der Waals surface area contributed by atoms with Gasteiger partial charge in [0, 0.05) is 39.6 Å². The molecule has 4 heterocycles. The SMILES string of the molecule is C.C.CCN(C(=O)c1cnc(Br)n1C)c1cccnc1.CCN(C(=O)c1cncn1C)c1cccnc1. The lowest BCUT2D eigenvalue weighted by Crippen LogP contribution is -2.32. The number of hydrogen-bond acceptors (Lipinski definition) is 6. The molecule has 0 aromatic carbocycles. The van der Waals surface area contributed by atoms with Gasteiger partial charge >= 0.3 is 0 Å². The molecule has 0 fully saturated rings. The van der Waals surface area contributed by atoms with Gasteiger partial charge < -0.3 is 18.9 Å². The van der Waals surface area contributed by atoms with Crippen LogP contribution in [0.3, 0.4) is 0 Å². The molecule has 0 saturated carbocycles. The van der Waals surface area contributed by atoms with Crippen molar-refractivity contribution < 1.29 is 9.59 Å². The summed E-state index contributed by atoms with van der Waals surface area (Å²) in [4.78, 5) is 44.1. The standard InChI is InChI=1S/C12H13BrN4O.C12H14N4O.2CH4/c1-3-17(9-5-4-6-14-7-9)11(18)10-8-15-12(13)16(10)2;1-3-16(10-5-4-6-13-7-10)12(17)11-8-14-9-15(11)2;;/h4-8H,3H2,1-2H3;4-9H,3H2,1-2H3;2*1H4. The summed E-state index contributed by atoms with van der Waals surface area (Å²) < 4.78 is 4.05. The van der Waals surface area contributed by atoms with E-state index >= 15 is 0 Å². The van der Waals surface area contributed by atoms with Crippen LogP contribution in [0.1, 0.15) is 49.7 Å². The Morgan fingerprint density at radius 1 is 0.811 bits per heavy atom. The van der Waals surface area contributed by atoms with Crippen molar-refractivity contribution in [2.45, 2.75) is 28.7 Å². The van der Waals surface area contributed by atoms with Gasteiger partial charge in [-0.2, -0.15) is 0 Å². The third-order valence-electron chi connectivity index (χ3n) is 5.22. The molecule has 0 aliphatic heterocycles. The third kappa shape index (κ3) is 7.32. The quantitative estimate of drug-likeness (QED) is 0.323. The highest BCUT2D eigenvalue weighted by Gasteiger charge is 2.20. The lowest BCUT2D eigenvalue weighted by molar-refractivity contribution is 0.0972. The van der Waals surface area contributed by atoms with E-state index in [0.29, 0.717) is 29.2 Å². The molecule has 0 N–H and O–H groups in total. The van der Waals surface area contributed by atoms with Gasteiger partial charge in [0.25, 0.3) is 11.8 Å². The molecule has 4 rings (SSSR count). The number of pyridine rings is 2. The van der Waals surface area contributed by atoms with E-state index in [2.05, 4.69) is 35.9 Å². The average Bonchev–Trinajstić information content (AvgIpc) is 3.46. The Bertz CT molecular complexity index is 1260. The smallest absolute Gasteiger partial charge is 0.276 e. The third-order valence-corrected chi connectivity index (χ3v) is 5.96. The second kappa shape index (κ2) is 14.6. The minimum Gasteiger partial charge on any atom is -0.330 e. The van der Waals surface area contributed by atoms with Gasteiger partial charge in [-0.1, -0.05) is 14.9 Å². The van der Waals surface area contributed by atoms with Gasteiger partial charge in [-0.3, -0.25) is 19.6 Å². The number of aryl methyl sites for hydroxylation is 1. The van der Waals surface area contributed by atoms with E-state index in [4.69, 9.17) is 0 Å². The summed E-state index contributed by atoms with van der Waals surface area (Å²) in [5.74, 6) is -0.160. The van der Waals surface area contributed by atoms with Crippen molar-refractivity contribution in [3.63, 3.8) is 0 Å². The largest absolute Gasteiger partial charge is 0.330 e. The fraction of sp³-hybridized carbons (Fsp3) is 0.308. The van der Waals surface area contributed by atoms with Gasteiger partial charge in [-0.25, -0.2) is 9.97 Å². The Balaban J connectivity index is 0.000000351. The van der Waals surface area contributed by atoms with Crippen LogP contribution in [0.15, 0.2) is 72.5 Å². The molecular formula is C26H35BrN8O2. The minimum absolute atomic E-state index is 0. The van der Waals surface area contributed by atoms with Crippen LogP contribution < -0.4 is 9.80 Å². The fourth-order valence-electron chi connectivity index (χ4n) is 3.34. The molecule has 198 valence electrons. The minimum atomic E-state index is -0.0915. The fourth-order valence-corrected chi connectivity index (χ4v) is 3.63. The lowest BCUT2D eigenvalue weighted by Gasteiger charge is -2.20. The van der Waals surface area contributed by atoms with Gasteiger partial charge in [-0.15, -0.1) is 0 Å². The Morgan fingerprint density at radius 3 is 1.68 bits per heavy atom. The maximum absolute atomic E-state index is 12.4. The van der Waals surface area contributed by atoms with Crippen molar-refractivity contribution in [1.82, 2.24) is 29.1 Å². The number of carbonyl (C=O) groups is 2. The normalized spacial score (nSPS) is 9.76. The van der Waals surface area contributed by atoms with Crippen LogP contribution in [0.25, 0.3) is 0 Å². The van der Waals surface area contributed by atoms with E-state index in [1.165, 1.54) is 0 Å². The maximum Gasteiger partial charge on any atom is 0.276 e. The summed E-state index contributed by atoms with van der Waals surface area (Å²) in [5.41, 5.74) is 2.67. The topological polar surface area (TPSA) is 102 Å². The van der Waals surface area contributed by atoms with Crippen molar-refractivity contribution in [2.24, 2.45) is 14.1 Å². The second-order valence-electron chi connectivity index (χ2n) is 7.38. The Kier molecular flexibility index (Phi) is 12.3. The molecule has 37 heavy (non-hydrogen) atoms. The number of halogens is 1. The highest BCUT2D eigenvalue weighted by Crippen LogP contribution is 2.17. The first-order chi connectivity index (χ1) is 16.9. The Labute approximate surface area is 227 Å². The number of anilines is 2. The molecule has 4 aromatic heterocycles. The molecular weight excluding hydrogens is 536 g/mol. The molecule has 4 aromatic rings. The van der Waals surface area contributed by atoms with Gasteiger partial charge in [-0.05, 0) is 54.0 Å². The van der Waals surface area contributed by atoms with Crippen molar-refractivity contribution in [3.05, 3.63) is 83.9 Å². The molecule has 0 aliphatic carbocycles. The highest BCUT2D eigenvalue weighted by atomic mass is 79.9. The molecule has 0 saturated heterocycles. The summed E-state index contributed by atoms with van der Waals surface area (Å²) in [7, 11) is 3.60. The van der Waals surface area contributed by atoms with E-state index in [1.807, 2.05) is 38.1 Å². The summed E-state index contributed by atoms with van der Waals surface area (Å²) in [6.07, 6.45) is 11.5. The zero-order chi connectivity index (χ0) is 25.4. The molecule has 0 bridgehead atoms. The van der Waals surface area contributed by atoms with E-state index in [-0.39, 0.29) is 26.7 Å². The van der Waals surface area contributed by atoms with Crippen LogP contribution in [0.2, 0.25) is 0 Å². The average molecular weight is 572 g/mol. The molecule has 0 aliphatic rings. The van der Waals surface area contributed by atoms with Crippen LogP contribution in [-0.4, -0.2) is 54.0 Å². The summed E-state index contributed by atoms with van der Waals surface area (Å²) in [6.45, 7) is 5.03. The van der Waals surface area contributed by atoms with Crippen molar-refractivity contribution >= 4 is 39.1 Å². The number of imidazole rings is 2. The zero-order valence-corrected chi connectivity index (χ0v) is 21.6. The number of aromatic nitrogens is 6. The van der Waals surface area contributed by atoms with Gasteiger partial charge in [0.2, 0.25) is 0 Å². The molecule has 11 heteroatoms. The first-order valence-corrected chi connectivity index (χ1v) is 11.8. The van der Waals surface area contributed by atoms with Crippen molar-refractivity contribution in [1.29, 1.82) is 0 Å².